The highest BCUT2D eigenvalue weighted by Crippen LogP contribution is 2.33. The minimum atomic E-state index is -0.488. The van der Waals surface area contributed by atoms with Crippen LogP contribution in [0.2, 0.25) is 0 Å². The molecule has 4 nitrogen and oxygen atoms in total. The van der Waals surface area contributed by atoms with Gasteiger partial charge in [0.25, 0.3) is 0 Å². The van der Waals surface area contributed by atoms with Crippen LogP contribution in [0.25, 0.3) is 0 Å². The molecule has 1 N–H and O–H groups in total. The highest BCUT2D eigenvalue weighted by atomic mass is 19.1. The molecule has 96 valence electrons. The maximum atomic E-state index is 13.7. The van der Waals surface area contributed by atoms with Crippen molar-refractivity contribution < 1.29 is 13.9 Å². The summed E-state index contributed by atoms with van der Waals surface area (Å²) in [6.45, 7) is 2.00. The Kier molecular flexibility index (Phi) is 2.70. The van der Waals surface area contributed by atoms with E-state index in [1.807, 2.05) is 0 Å². The molecule has 0 radical (unpaired) electrons. The fraction of sp³-hybridized carbons (Fsp3) is 0.462. The number of hydrogen-bond acceptors (Lipinski definition) is 3. The maximum Gasteiger partial charge on any atom is 0.415 e. The number of hydrogen-bond donors (Lipinski definition) is 1. The topological polar surface area (TPSA) is 41.6 Å². The number of halogens is 1. The number of anilines is 1. The average Bonchev–Trinajstić information content (AvgIpc) is 2.67. The Hall–Kier alpha value is -1.62. The van der Waals surface area contributed by atoms with Crippen molar-refractivity contribution >= 4 is 11.8 Å². The summed E-state index contributed by atoms with van der Waals surface area (Å²) in [7, 11) is 0. The second-order valence-corrected chi connectivity index (χ2v) is 4.87. The molecular formula is C13H15FN2O2. The van der Waals surface area contributed by atoms with Crippen LogP contribution in [0.5, 0.6) is 0 Å². The van der Waals surface area contributed by atoms with Crippen LogP contribution in [0.4, 0.5) is 14.9 Å². The number of piperidine rings is 1. The second-order valence-electron chi connectivity index (χ2n) is 4.87. The minimum Gasteiger partial charge on any atom is -0.439 e. The molecule has 1 unspecified atom stereocenters. The van der Waals surface area contributed by atoms with Gasteiger partial charge in [0.15, 0.2) is 0 Å². The molecule has 1 spiro atoms. The number of para-hydroxylation sites is 1. The normalized spacial score (nSPS) is 27.6. The zero-order valence-electron chi connectivity index (χ0n) is 9.99. The quantitative estimate of drug-likeness (QED) is 0.827. The largest absolute Gasteiger partial charge is 0.439 e. The lowest BCUT2D eigenvalue weighted by Crippen LogP contribution is -2.48. The van der Waals surface area contributed by atoms with E-state index in [0.717, 1.165) is 19.4 Å². The lowest BCUT2D eigenvalue weighted by Gasteiger charge is -2.31. The second kappa shape index (κ2) is 4.24. The SMILES string of the molecule is O=C1OC2(CCCNC2)CN1c1ccccc1F. The lowest BCUT2D eigenvalue weighted by atomic mass is 9.94. The summed E-state index contributed by atoms with van der Waals surface area (Å²) >= 11 is 0. The highest BCUT2D eigenvalue weighted by Gasteiger charge is 2.46. The van der Waals surface area contributed by atoms with Crippen LogP contribution in [0.3, 0.4) is 0 Å². The first kappa shape index (κ1) is 11.5. The minimum absolute atomic E-state index is 0.296. The van der Waals surface area contributed by atoms with Crippen molar-refractivity contribution in [3.8, 4) is 0 Å². The molecule has 0 aromatic heterocycles. The fourth-order valence-electron chi connectivity index (χ4n) is 2.64. The number of carbonyl (C=O) groups is 1. The number of rotatable bonds is 1. The predicted molar refractivity (Wildman–Crippen MR) is 65.1 cm³/mol. The molecule has 2 aliphatic rings. The van der Waals surface area contributed by atoms with Crippen molar-refractivity contribution in [2.24, 2.45) is 0 Å². The summed E-state index contributed by atoms with van der Waals surface area (Å²) in [4.78, 5) is 13.3. The molecule has 0 bridgehead atoms. The van der Waals surface area contributed by atoms with Crippen molar-refractivity contribution in [2.75, 3.05) is 24.5 Å². The lowest BCUT2D eigenvalue weighted by molar-refractivity contribution is 0.0366. The van der Waals surface area contributed by atoms with Gasteiger partial charge in [0.2, 0.25) is 0 Å². The molecular weight excluding hydrogens is 235 g/mol. The molecule has 5 heteroatoms. The number of nitrogens with zero attached hydrogens (tertiary/aromatic N) is 1. The Bertz CT molecular complexity index is 472. The number of ether oxygens (including phenoxy) is 1. The van der Waals surface area contributed by atoms with E-state index < -0.39 is 17.5 Å². The van der Waals surface area contributed by atoms with Gasteiger partial charge in [-0.3, -0.25) is 4.90 Å². The summed E-state index contributed by atoms with van der Waals surface area (Å²) in [5, 5.41) is 3.23. The van der Waals surface area contributed by atoms with E-state index >= 15 is 0 Å². The van der Waals surface area contributed by atoms with Crippen LogP contribution in [0.15, 0.2) is 24.3 Å². The third kappa shape index (κ3) is 1.84. The van der Waals surface area contributed by atoms with Crippen molar-refractivity contribution in [3.05, 3.63) is 30.1 Å². The Morgan fingerprint density at radius 2 is 2.22 bits per heavy atom. The van der Waals surface area contributed by atoms with Crippen LogP contribution in [-0.4, -0.2) is 31.3 Å². The number of carbonyl (C=O) groups excluding carboxylic acids is 1. The monoisotopic (exact) mass is 250 g/mol. The van der Waals surface area contributed by atoms with Gasteiger partial charge in [0.1, 0.15) is 11.4 Å². The number of benzene rings is 1. The molecule has 2 fully saturated rings. The van der Waals surface area contributed by atoms with Gasteiger partial charge in [0, 0.05) is 6.54 Å². The zero-order chi connectivity index (χ0) is 12.6. The van der Waals surface area contributed by atoms with Crippen LogP contribution in [0.1, 0.15) is 12.8 Å². The molecule has 0 aliphatic carbocycles. The van der Waals surface area contributed by atoms with Gasteiger partial charge in [-0.25, -0.2) is 9.18 Å². The van der Waals surface area contributed by atoms with Gasteiger partial charge in [-0.15, -0.1) is 0 Å². The van der Waals surface area contributed by atoms with Crippen molar-refractivity contribution in [3.63, 3.8) is 0 Å². The van der Waals surface area contributed by atoms with Gasteiger partial charge < -0.3 is 10.1 Å². The third-order valence-electron chi connectivity index (χ3n) is 3.55. The molecule has 1 aromatic carbocycles. The van der Waals surface area contributed by atoms with Crippen LogP contribution in [0, 0.1) is 5.82 Å². The van der Waals surface area contributed by atoms with Gasteiger partial charge >= 0.3 is 6.09 Å². The van der Waals surface area contributed by atoms with Gasteiger partial charge in [0.05, 0.1) is 12.2 Å². The van der Waals surface area contributed by atoms with E-state index in [9.17, 15) is 9.18 Å². The molecule has 2 heterocycles. The summed E-state index contributed by atoms with van der Waals surface area (Å²) in [6, 6.07) is 6.28. The fourth-order valence-corrected chi connectivity index (χ4v) is 2.64. The maximum absolute atomic E-state index is 13.7. The highest BCUT2D eigenvalue weighted by molar-refractivity contribution is 5.90. The van der Waals surface area contributed by atoms with Crippen LogP contribution >= 0.6 is 0 Å². The Balaban J connectivity index is 1.87. The molecule has 2 aliphatic heterocycles. The Morgan fingerprint density at radius 1 is 1.39 bits per heavy atom. The van der Waals surface area contributed by atoms with E-state index in [0.29, 0.717) is 18.8 Å². The first-order valence-corrected chi connectivity index (χ1v) is 6.16. The van der Waals surface area contributed by atoms with Crippen LogP contribution < -0.4 is 10.2 Å². The van der Waals surface area contributed by atoms with E-state index in [1.165, 1.54) is 11.0 Å². The van der Waals surface area contributed by atoms with E-state index in [1.54, 1.807) is 18.2 Å². The van der Waals surface area contributed by atoms with E-state index in [4.69, 9.17) is 4.74 Å². The third-order valence-corrected chi connectivity index (χ3v) is 3.55. The van der Waals surface area contributed by atoms with Crippen molar-refractivity contribution in [1.29, 1.82) is 0 Å². The van der Waals surface area contributed by atoms with Gasteiger partial charge in [-0.2, -0.15) is 0 Å². The first-order valence-electron chi connectivity index (χ1n) is 6.16. The predicted octanol–water partition coefficient (Wildman–Crippen LogP) is 1.90. The molecule has 1 aromatic rings. The smallest absolute Gasteiger partial charge is 0.415 e. The first-order chi connectivity index (χ1) is 8.70. The Morgan fingerprint density at radius 3 is 2.94 bits per heavy atom. The molecule has 1 atom stereocenters. The molecule has 3 rings (SSSR count). The summed E-state index contributed by atoms with van der Waals surface area (Å²) in [5.41, 5.74) is -0.192. The molecule has 1 amide bonds. The molecule has 18 heavy (non-hydrogen) atoms. The van der Waals surface area contributed by atoms with Crippen molar-refractivity contribution in [1.82, 2.24) is 5.32 Å². The van der Waals surface area contributed by atoms with Gasteiger partial charge in [-0.1, -0.05) is 12.1 Å². The average molecular weight is 250 g/mol. The molecule has 0 saturated carbocycles. The van der Waals surface area contributed by atoms with Crippen molar-refractivity contribution in [2.45, 2.75) is 18.4 Å². The zero-order valence-corrected chi connectivity index (χ0v) is 9.99. The van der Waals surface area contributed by atoms with E-state index in [-0.39, 0.29) is 0 Å². The summed E-state index contributed by atoms with van der Waals surface area (Å²) in [6.07, 6.45) is 1.35. The summed E-state index contributed by atoms with van der Waals surface area (Å²) in [5.74, 6) is -0.393. The van der Waals surface area contributed by atoms with Crippen LogP contribution in [-0.2, 0) is 4.74 Å². The number of amides is 1. The standard InChI is InChI=1S/C13H15FN2O2/c14-10-4-1-2-5-11(10)16-9-13(18-12(16)17)6-3-7-15-8-13/h1-2,4-5,15H,3,6-9H2. The number of nitrogens with one attached hydrogen (secondary N) is 1. The molecule has 2 saturated heterocycles. The summed E-state index contributed by atoms with van der Waals surface area (Å²) < 4.78 is 19.2. The Labute approximate surface area is 105 Å². The van der Waals surface area contributed by atoms with Gasteiger partial charge in [-0.05, 0) is 31.5 Å². The van der Waals surface area contributed by atoms with E-state index in [2.05, 4.69) is 5.32 Å².